The van der Waals surface area contributed by atoms with Crippen LogP contribution in [0.5, 0.6) is 5.75 Å². The number of hydrogen-bond acceptors (Lipinski definition) is 6. The van der Waals surface area contributed by atoms with E-state index in [1.54, 1.807) is 19.1 Å². The maximum absolute atomic E-state index is 13.6. The molecule has 0 N–H and O–H groups in total. The highest BCUT2D eigenvalue weighted by molar-refractivity contribution is 6.11. The van der Waals surface area contributed by atoms with Gasteiger partial charge >= 0.3 is 6.03 Å². The number of ether oxygens (including phenoxy) is 1. The molecule has 0 spiro atoms. The Morgan fingerprint density at radius 2 is 1.67 bits per heavy atom. The molecule has 3 heterocycles. The highest BCUT2D eigenvalue weighted by Gasteiger charge is 2.56. The van der Waals surface area contributed by atoms with Crippen LogP contribution >= 0.6 is 0 Å². The predicted molar refractivity (Wildman–Crippen MR) is 126 cm³/mol. The number of methoxy groups -OCH3 is 1. The van der Waals surface area contributed by atoms with E-state index in [1.165, 1.54) is 4.90 Å². The van der Waals surface area contributed by atoms with Gasteiger partial charge in [-0.2, -0.15) is 0 Å². The lowest BCUT2D eigenvalue weighted by Crippen LogP contribution is -2.64. The minimum Gasteiger partial charge on any atom is -0.495 e. The van der Waals surface area contributed by atoms with Gasteiger partial charge in [0.05, 0.1) is 12.8 Å². The number of aliphatic imine (C=N–C) groups is 1. The second-order valence-electron chi connectivity index (χ2n) is 8.45. The number of amides is 3. The van der Waals surface area contributed by atoms with Crippen LogP contribution < -0.4 is 9.64 Å². The summed E-state index contributed by atoms with van der Waals surface area (Å²) in [5.74, 6) is 1.14. The third kappa shape index (κ3) is 3.16. The third-order valence-corrected chi connectivity index (χ3v) is 6.69. The fourth-order valence-electron chi connectivity index (χ4n) is 4.81. The first-order valence-electron chi connectivity index (χ1n) is 11.0. The summed E-state index contributed by atoms with van der Waals surface area (Å²) >= 11 is 0. The number of carbonyl (C=O) groups excluding carboxylic acids is 2. The molecule has 0 bridgehead atoms. The summed E-state index contributed by atoms with van der Waals surface area (Å²) in [5.41, 5.74) is 3.84. The molecule has 8 nitrogen and oxygen atoms in total. The van der Waals surface area contributed by atoms with Crippen LogP contribution in [0.4, 0.5) is 10.5 Å². The van der Waals surface area contributed by atoms with Crippen LogP contribution in [0.1, 0.15) is 19.4 Å². The van der Waals surface area contributed by atoms with Crippen molar-refractivity contribution in [3.8, 4) is 5.75 Å². The number of guanidine groups is 1. The van der Waals surface area contributed by atoms with Crippen molar-refractivity contribution < 1.29 is 14.3 Å². The van der Waals surface area contributed by atoms with Gasteiger partial charge in [-0.25, -0.2) is 9.79 Å². The zero-order valence-corrected chi connectivity index (χ0v) is 19.2. The fourth-order valence-corrected chi connectivity index (χ4v) is 4.81. The quantitative estimate of drug-likeness (QED) is 0.707. The Bertz CT molecular complexity index is 1180. The molecule has 3 aliphatic rings. The van der Waals surface area contributed by atoms with Crippen LogP contribution in [0, 0.1) is 0 Å². The summed E-state index contributed by atoms with van der Waals surface area (Å²) in [6, 6.07) is 16.7. The minimum absolute atomic E-state index is 0.216. The van der Waals surface area contributed by atoms with Gasteiger partial charge in [0.15, 0.2) is 12.2 Å². The lowest BCUT2D eigenvalue weighted by atomic mass is 10.1. The third-order valence-electron chi connectivity index (χ3n) is 6.69. The number of carbonyl (C=O) groups is 2. The summed E-state index contributed by atoms with van der Waals surface area (Å²) in [5, 5.41) is 0. The molecule has 170 valence electrons. The van der Waals surface area contributed by atoms with Gasteiger partial charge in [0, 0.05) is 25.0 Å². The van der Waals surface area contributed by atoms with Crippen LogP contribution in [0.3, 0.4) is 0 Å². The molecule has 0 aromatic heterocycles. The first kappa shape index (κ1) is 21.1. The van der Waals surface area contributed by atoms with E-state index < -0.39 is 12.2 Å². The second-order valence-corrected chi connectivity index (χ2v) is 8.45. The number of allylic oxidation sites excluding steroid dienone is 2. The van der Waals surface area contributed by atoms with Crippen LogP contribution in [0.15, 0.2) is 71.0 Å². The Balaban J connectivity index is 1.48. The zero-order valence-electron chi connectivity index (χ0n) is 19.2. The molecule has 2 atom stereocenters. The topological polar surface area (TPSA) is 68.7 Å². The van der Waals surface area contributed by atoms with Crippen LogP contribution in [0.25, 0.3) is 0 Å². The number of fused-ring (bicyclic) bond motifs is 3. The highest BCUT2D eigenvalue weighted by atomic mass is 16.5. The Kier molecular flexibility index (Phi) is 5.08. The van der Waals surface area contributed by atoms with Gasteiger partial charge in [0.1, 0.15) is 5.75 Å². The number of urea groups is 1. The second kappa shape index (κ2) is 7.95. The van der Waals surface area contributed by atoms with Crippen molar-refractivity contribution in [1.82, 2.24) is 14.7 Å². The maximum atomic E-state index is 13.6. The normalized spacial score (nSPS) is 22.1. The van der Waals surface area contributed by atoms with E-state index in [0.29, 0.717) is 24.7 Å². The van der Waals surface area contributed by atoms with Crippen molar-refractivity contribution in [2.75, 3.05) is 25.6 Å². The van der Waals surface area contributed by atoms with Crippen molar-refractivity contribution in [3.05, 3.63) is 71.6 Å². The number of para-hydroxylation sites is 2. The lowest BCUT2D eigenvalue weighted by Gasteiger charge is -2.40. The molecule has 8 heteroatoms. The van der Waals surface area contributed by atoms with Crippen molar-refractivity contribution in [3.63, 3.8) is 0 Å². The predicted octanol–water partition coefficient (Wildman–Crippen LogP) is 3.27. The van der Waals surface area contributed by atoms with Crippen LogP contribution in [-0.2, 0) is 11.2 Å². The zero-order chi connectivity index (χ0) is 23.3. The van der Waals surface area contributed by atoms with E-state index in [1.807, 2.05) is 78.2 Å². The van der Waals surface area contributed by atoms with E-state index in [0.717, 1.165) is 22.6 Å². The van der Waals surface area contributed by atoms with E-state index in [2.05, 4.69) is 0 Å². The summed E-state index contributed by atoms with van der Waals surface area (Å²) in [7, 11) is 3.35. The molecule has 2 aromatic rings. The number of anilines is 1. The van der Waals surface area contributed by atoms with Gasteiger partial charge in [-0.3, -0.25) is 19.5 Å². The summed E-state index contributed by atoms with van der Waals surface area (Å²) in [4.78, 5) is 38.5. The Labute approximate surface area is 193 Å². The average molecular weight is 446 g/mol. The molecule has 0 radical (unpaired) electrons. The molecular formula is C25H27N5O3. The van der Waals surface area contributed by atoms with Gasteiger partial charge < -0.3 is 9.64 Å². The van der Waals surface area contributed by atoms with Gasteiger partial charge in [0.2, 0.25) is 5.96 Å². The number of likely N-dealkylation sites (N-methyl/N-ethyl adjacent to an activating group) is 1. The summed E-state index contributed by atoms with van der Waals surface area (Å²) in [6.45, 7) is 4.32. The van der Waals surface area contributed by atoms with Gasteiger partial charge in [-0.15, -0.1) is 0 Å². The first-order valence-corrected chi connectivity index (χ1v) is 11.0. The van der Waals surface area contributed by atoms with Crippen molar-refractivity contribution in [2.45, 2.75) is 32.5 Å². The molecule has 0 saturated carbocycles. The number of nitrogens with zero attached hydrogens (tertiary/aromatic N) is 5. The number of imide groups is 1. The first-order chi connectivity index (χ1) is 15.9. The molecule has 2 unspecified atom stereocenters. The number of benzene rings is 2. The van der Waals surface area contributed by atoms with Crippen LogP contribution in [-0.4, -0.2) is 65.5 Å². The minimum atomic E-state index is -0.590. The SMILES string of the molecule is COc1ccccc1N1C2=NC3C(C(=O)N(CCc4ccccc4)C(=O)N3C)N2C(C)=C1C. The molecule has 33 heavy (non-hydrogen) atoms. The van der Waals surface area contributed by atoms with Gasteiger partial charge in [0.25, 0.3) is 5.91 Å². The smallest absolute Gasteiger partial charge is 0.328 e. The van der Waals surface area contributed by atoms with E-state index in [4.69, 9.17) is 9.73 Å². The molecule has 5 rings (SSSR count). The van der Waals surface area contributed by atoms with E-state index in [9.17, 15) is 9.59 Å². The average Bonchev–Trinajstić information content (AvgIpc) is 3.33. The fraction of sp³-hybridized carbons (Fsp3) is 0.320. The van der Waals surface area contributed by atoms with Crippen molar-refractivity contribution >= 4 is 23.6 Å². The summed E-state index contributed by atoms with van der Waals surface area (Å²) in [6.07, 6.45) is 0.0339. The Morgan fingerprint density at radius 3 is 2.39 bits per heavy atom. The monoisotopic (exact) mass is 445 g/mol. The molecular weight excluding hydrogens is 418 g/mol. The Morgan fingerprint density at radius 1 is 0.970 bits per heavy atom. The van der Waals surface area contributed by atoms with E-state index >= 15 is 0 Å². The standard InChI is InChI=1S/C25H27N5O3/c1-16-17(2)30-21-22(26-24(30)29(16)19-12-8-9-13-20(19)33-4)27(3)25(32)28(23(21)31)15-14-18-10-6-5-7-11-18/h5-13,21-22H,14-15H2,1-4H3. The molecule has 3 amide bonds. The van der Waals surface area contributed by atoms with Crippen molar-refractivity contribution in [2.24, 2.45) is 4.99 Å². The molecule has 0 aliphatic carbocycles. The molecule has 3 aliphatic heterocycles. The molecule has 2 aromatic carbocycles. The maximum Gasteiger partial charge on any atom is 0.328 e. The molecule has 1 saturated heterocycles. The highest BCUT2D eigenvalue weighted by Crippen LogP contribution is 2.42. The van der Waals surface area contributed by atoms with Gasteiger partial charge in [-0.1, -0.05) is 42.5 Å². The largest absolute Gasteiger partial charge is 0.495 e. The Hall–Kier alpha value is -3.81. The van der Waals surface area contributed by atoms with Crippen LogP contribution in [0.2, 0.25) is 0 Å². The number of rotatable bonds is 5. The lowest BCUT2D eigenvalue weighted by molar-refractivity contribution is -0.136. The van der Waals surface area contributed by atoms with Crippen molar-refractivity contribution in [1.29, 1.82) is 0 Å². The van der Waals surface area contributed by atoms with E-state index in [-0.39, 0.29) is 11.9 Å². The molecule has 1 fully saturated rings. The van der Waals surface area contributed by atoms with Gasteiger partial charge in [-0.05, 0) is 38.0 Å². The number of hydrogen-bond donors (Lipinski definition) is 0. The summed E-state index contributed by atoms with van der Waals surface area (Å²) < 4.78 is 5.58.